The van der Waals surface area contributed by atoms with E-state index in [1.54, 1.807) is 35.2 Å². The summed E-state index contributed by atoms with van der Waals surface area (Å²) in [5.41, 5.74) is 1.51. The molecule has 4 rings (SSSR count). The first-order chi connectivity index (χ1) is 14.7. The molecule has 1 saturated heterocycles. The van der Waals surface area contributed by atoms with Crippen LogP contribution in [0.5, 0.6) is 0 Å². The monoisotopic (exact) mass is 442 g/mol. The second kappa shape index (κ2) is 7.78. The number of nitrogens with zero attached hydrogens (tertiary/aromatic N) is 2. The highest BCUT2D eigenvalue weighted by atomic mass is 32.2. The number of benzene rings is 2. The number of sulfonamides is 1. The van der Waals surface area contributed by atoms with Gasteiger partial charge in [-0.15, -0.1) is 0 Å². The molecule has 2 aromatic carbocycles. The van der Waals surface area contributed by atoms with Gasteiger partial charge in [0, 0.05) is 31.7 Å². The van der Waals surface area contributed by atoms with Crippen molar-refractivity contribution in [2.75, 3.05) is 26.2 Å². The summed E-state index contributed by atoms with van der Waals surface area (Å²) in [6.07, 6.45) is 0. The van der Waals surface area contributed by atoms with Crippen molar-refractivity contribution in [1.29, 1.82) is 0 Å². The molecule has 1 aliphatic heterocycles. The topological polar surface area (TPSA) is 123 Å². The maximum absolute atomic E-state index is 13.0. The van der Waals surface area contributed by atoms with Crippen LogP contribution in [0, 0.1) is 13.8 Å². The Labute approximate surface area is 178 Å². The highest BCUT2D eigenvalue weighted by Gasteiger charge is 2.30. The highest BCUT2D eigenvalue weighted by molar-refractivity contribution is 7.89. The van der Waals surface area contributed by atoms with Crippen LogP contribution in [0.15, 0.2) is 50.9 Å². The van der Waals surface area contributed by atoms with Crippen LogP contribution in [-0.2, 0) is 10.0 Å². The zero-order chi connectivity index (χ0) is 22.3. The number of hydrogen-bond donors (Lipinski definition) is 2. The van der Waals surface area contributed by atoms with E-state index in [2.05, 4.69) is 9.97 Å². The van der Waals surface area contributed by atoms with Crippen LogP contribution in [-0.4, -0.2) is 59.7 Å². The van der Waals surface area contributed by atoms with Crippen molar-refractivity contribution in [3.63, 3.8) is 0 Å². The van der Waals surface area contributed by atoms with Crippen molar-refractivity contribution in [2.45, 2.75) is 18.7 Å². The van der Waals surface area contributed by atoms with Crippen molar-refractivity contribution < 1.29 is 13.2 Å². The summed E-state index contributed by atoms with van der Waals surface area (Å²) in [6.45, 7) is 4.69. The molecule has 9 nitrogen and oxygen atoms in total. The predicted octanol–water partition coefficient (Wildman–Crippen LogP) is 0.980. The summed E-state index contributed by atoms with van der Waals surface area (Å²) < 4.78 is 27.3. The SMILES string of the molecule is Cc1ccc(S(=O)(=O)N2CCN(C(=O)c3ccc4[nH]c(=O)c(=O)[nH]c4c3)CC2)cc1C. The first-order valence-electron chi connectivity index (χ1n) is 9.80. The molecule has 0 radical (unpaired) electrons. The minimum atomic E-state index is -3.63. The van der Waals surface area contributed by atoms with Gasteiger partial charge < -0.3 is 14.9 Å². The van der Waals surface area contributed by atoms with Gasteiger partial charge in [-0.25, -0.2) is 8.42 Å². The molecule has 1 aliphatic rings. The van der Waals surface area contributed by atoms with E-state index in [1.165, 1.54) is 10.4 Å². The number of nitrogens with one attached hydrogen (secondary N) is 2. The standard InChI is InChI=1S/C21H22N4O5S/c1-13-3-5-16(11-14(13)2)31(29,30)25-9-7-24(8-10-25)21(28)15-4-6-17-18(12-15)23-20(27)19(26)22-17/h3-6,11-12H,7-10H2,1-2H3,(H,22,26)(H,23,27). The predicted molar refractivity (Wildman–Crippen MR) is 116 cm³/mol. The maximum atomic E-state index is 13.0. The molecule has 3 aromatic rings. The van der Waals surface area contributed by atoms with E-state index in [0.29, 0.717) is 16.6 Å². The summed E-state index contributed by atoms with van der Waals surface area (Å²) >= 11 is 0. The van der Waals surface area contributed by atoms with Gasteiger partial charge in [0.25, 0.3) is 5.91 Å². The number of amides is 1. The van der Waals surface area contributed by atoms with Crippen LogP contribution in [0.2, 0.25) is 0 Å². The number of carbonyl (C=O) groups is 1. The third-order valence-electron chi connectivity index (χ3n) is 5.61. The molecule has 0 unspecified atom stereocenters. The van der Waals surface area contributed by atoms with Crippen LogP contribution in [0.3, 0.4) is 0 Å². The maximum Gasteiger partial charge on any atom is 0.314 e. The fourth-order valence-electron chi connectivity index (χ4n) is 3.59. The molecule has 1 fully saturated rings. The normalized spacial score (nSPS) is 15.4. The van der Waals surface area contributed by atoms with Gasteiger partial charge >= 0.3 is 11.1 Å². The van der Waals surface area contributed by atoms with E-state index in [0.717, 1.165) is 11.1 Å². The molecule has 162 valence electrons. The lowest BCUT2D eigenvalue weighted by molar-refractivity contribution is 0.0698. The Hall–Kier alpha value is -3.24. The highest BCUT2D eigenvalue weighted by Crippen LogP contribution is 2.21. The Morgan fingerprint density at radius 2 is 1.48 bits per heavy atom. The average Bonchev–Trinajstić information content (AvgIpc) is 2.75. The minimum absolute atomic E-state index is 0.193. The second-order valence-electron chi connectivity index (χ2n) is 7.61. The number of aromatic nitrogens is 2. The van der Waals surface area contributed by atoms with Gasteiger partial charge in [-0.05, 0) is 55.3 Å². The fourth-order valence-corrected chi connectivity index (χ4v) is 5.09. The Balaban J connectivity index is 1.50. The molecule has 1 aromatic heterocycles. The van der Waals surface area contributed by atoms with Crippen molar-refractivity contribution >= 4 is 27.0 Å². The number of carbonyl (C=O) groups excluding carboxylic acids is 1. The minimum Gasteiger partial charge on any atom is -0.336 e. The quantitative estimate of drug-likeness (QED) is 0.586. The van der Waals surface area contributed by atoms with Crippen LogP contribution < -0.4 is 11.1 Å². The van der Waals surface area contributed by atoms with Crippen molar-refractivity contribution in [2.24, 2.45) is 0 Å². The van der Waals surface area contributed by atoms with E-state index in [-0.39, 0.29) is 37.0 Å². The van der Waals surface area contributed by atoms with E-state index >= 15 is 0 Å². The molecule has 2 N–H and O–H groups in total. The number of rotatable bonds is 3. The summed E-state index contributed by atoms with van der Waals surface area (Å²) in [5.74, 6) is -0.267. The Bertz CT molecular complexity index is 1400. The summed E-state index contributed by atoms with van der Waals surface area (Å²) in [6, 6.07) is 9.70. The lowest BCUT2D eigenvalue weighted by Crippen LogP contribution is -2.50. The van der Waals surface area contributed by atoms with Crippen LogP contribution >= 0.6 is 0 Å². The Morgan fingerprint density at radius 1 is 0.839 bits per heavy atom. The van der Waals surface area contributed by atoms with Gasteiger partial charge in [-0.3, -0.25) is 14.4 Å². The third-order valence-corrected chi connectivity index (χ3v) is 7.51. The van der Waals surface area contributed by atoms with Gasteiger partial charge in [-0.1, -0.05) is 6.07 Å². The molecule has 31 heavy (non-hydrogen) atoms. The molecule has 0 bridgehead atoms. The third kappa shape index (κ3) is 3.91. The van der Waals surface area contributed by atoms with Gasteiger partial charge in [0.2, 0.25) is 10.0 Å². The first kappa shape index (κ1) is 21.0. The van der Waals surface area contributed by atoms with Gasteiger partial charge in [-0.2, -0.15) is 4.31 Å². The lowest BCUT2D eigenvalue weighted by atomic mass is 10.1. The number of fused-ring (bicyclic) bond motifs is 1. The second-order valence-corrected chi connectivity index (χ2v) is 9.55. The van der Waals surface area contributed by atoms with E-state index in [1.807, 2.05) is 13.8 Å². The lowest BCUT2D eigenvalue weighted by Gasteiger charge is -2.34. The number of aromatic amines is 2. The molecular weight excluding hydrogens is 420 g/mol. The molecule has 0 saturated carbocycles. The number of hydrogen-bond acceptors (Lipinski definition) is 5. The van der Waals surface area contributed by atoms with Crippen molar-refractivity contribution in [1.82, 2.24) is 19.2 Å². The van der Waals surface area contributed by atoms with E-state index in [4.69, 9.17) is 0 Å². The van der Waals surface area contributed by atoms with E-state index in [9.17, 15) is 22.8 Å². The molecule has 0 atom stereocenters. The van der Waals surface area contributed by atoms with Crippen molar-refractivity contribution in [3.05, 3.63) is 73.8 Å². The zero-order valence-corrected chi connectivity index (χ0v) is 18.0. The van der Waals surface area contributed by atoms with Crippen LogP contribution in [0.25, 0.3) is 11.0 Å². The van der Waals surface area contributed by atoms with Gasteiger partial charge in [0.05, 0.1) is 15.9 Å². The van der Waals surface area contributed by atoms with E-state index < -0.39 is 21.1 Å². The number of H-pyrrole nitrogens is 2. The Kier molecular flexibility index (Phi) is 5.28. The molecule has 0 aliphatic carbocycles. The smallest absolute Gasteiger partial charge is 0.314 e. The Morgan fingerprint density at radius 3 is 2.13 bits per heavy atom. The van der Waals surface area contributed by atoms with Gasteiger partial charge in [0.15, 0.2) is 0 Å². The van der Waals surface area contributed by atoms with Crippen LogP contribution in [0.1, 0.15) is 21.5 Å². The van der Waals surface area contributed by atoms with Crippen LogP contribution in [0.4, 0.5) is 0 Å². The molecule has 2 heterocycles. The largest absolute Gasteiger partial charge is 0.336 e. The summed E-state index contributed by atoms with van der Waals surface area (Å²) in [4.78, 5) is 42.6. The van der Waals surface area contributed by atoms with Crippen molar-refractivity contribution in [3.8, 4) is 0 Å². The molecule has 1 amide bonds. The molecule has 10 heteroatoms. The summed E-state index contributed by atoms with van der Waals surface area (Å²) in [5, 5.41) is 0. The fraction of sp³-hybridized carbons (Fsp3) is 0.286. The molecular formula is C21H22N4O5S. The number of piperazine rings is 1. The zero-order valence-electron chi connectivity index (χ0n) is 17.1. The molecule has 0 spiro atoms. The van der Waals surface area contributed by atoms with Gasteiger partial charge in [0.1, 0.15) is 0 Å². The first-order valence-corrected chi connectivity index (χ1v) is 11.2. The average molecular weight is 442 g/mol. The summed E-state index contributed by atoms with van der Waals surface area (Å²) in [7, 11) is -3.63. The number of aryl methyl sites for hydroxylation is 2.